The van der Waals surface area contributed by atoms with Gasteiger partial charge in [-0.25, -0.2) is 9.97 Å². The van der Waals surface area contributed by atoms with Crippen LogP contribution < -0.4 is 4.90 Å². The number of nitrogens with zero attached hydrogens (tertiary/aromatic N) is 5. The van der Waals surface area contributed by atoms with Crippen molar-refractivity contribution in [2.24, 2.45) is 0 Å². The van der Waals surface area contributed by atoms with Crippen LogP contribution in [0.15, 0.2) is 29.4 Å². The van der Waals surface area contributed by atoms with E-state index in [1.54, 1.807) is 0 Å². The summed E-state index contributed by atoms with van der Waals surface area (Å²) in [5, 5.41) is 19.8. The molecule has 7 heteroatoms. The minimum Gasteiger partial charge on any atom is -0.395 e. The van der Waals surface area contributed by atoms with E-state index in [9.17, 15) is 5.26 Å². The van der Waals surface area contributed by atoms with E-state index in [-0.39, 0.29) is 12.0 Å². The first kappa shape index (κ1) is 21.6. The predicted molar refractivity (Wildman–Crippen MR) is 118 cm³/mol. The van der Waals surface area contributed by atoms with Crippen molar-refractivity contribution < 1.29 is 5.11 Å². The van der Waals surface area contributed by atoms with E-state index in [0.717, 1.165) is 31.7 Å². The molecule has 29 heavy (non-hydrogen) atoms. The van der Waals surface area contributed by atoms with Crippen molar-refractivity contribution in [3.05, 3.63) is 35.4 Å². The molecule has 0 amide bonds. The maximum atomic E-state index is 9.97. The predicted octanol–water partition coefficient (Wildman–Crippen LogP) is 3.15. The SMILES string of the molecule is CSc1nc(-c2ccc(C(C)(C)C)cc2)c(C#N)c(N2CCN(CCO)CC2)n1. The molecule has 3 rings (SSSR count). The van der Waals surface area contributed by atoms with Gasteiger partial charge < -0.3 is 10.0 Å². The summed E-state index contributed by atoms with van der Waals surface area (Å²) in [6, 6.07) is 10.7. The lowest BCUT2D eigenvalue weighted by atomic mass is 9.86. The lowest BCUT2D eigenvalue weighted by Crippen LogP contribution is -2.47. The number of rotatable bonds is 5. The van der Waals surface area contributed by atoms with Crippen LogP contribution in [0.5, 0.6) is 0 Å². The van der Waals surface area contributed by atoms with Gasteiger partial charge in [0.05, 0.1) is 12.3 Å². The Morgan fingerprint density at radius 1 is 1.10 bits per heavy atom. The van der Waals surface area contributed by atoms with Crippen molar-refractivity contribution in [2.75, 3.05) is 50.5 Å². The lowest BCUT2D eigenvalue weighted by Gasteiger charge is -2.35. The van der Waals surface area contributed by atoms with Crippen molar-refractivity contribution in [3.63, 3.8) is 0 Å². The molecule has 1 saturated heterocycles. The highest BCUT2D eigenvalue weighted by molar-refractivity contribution is 7.98. The first-order valence-electron chi connectivity index (χ1n) is 9.92. The topological polar surface area (TPSA) is 76.3 Å². The fourth-order valence-electron chi connectivity index (χ4n) is 3.51. The molecule has 0 aliphatic carbocycles. The number of nitriles is 1. The fourth-order valence-corrected chi connectivity index (χ4v) is 3.87. The Labute approximate surface area is 177 Å². The van der Waals surface area contributed by atoms with E-state index in [1.807, 2.05) is 6.26 Å². The van der Waals surface area contributed by atoms with Crippen molar-refractivity contribution in [3.8, 4) is 17.3 Å². The summed E-state index contributed by atoms with van der Waals surface area (Å²) in [4.78, 5) is 13.8. The van der Waals surface area contributed by atoms with E-state index < -0.39 is 0 Å². The van der Waals surface area contributed by atoms with Crippen LogP contribution in [-0.2, 0) is 5.41 Å². The van der Waals surface area contributed by atoms with Crippen LogP contribution in [0, 0.1) is 11.3 Å². The Kier molecular flexibility index (Phi) is 6.78. The third-order valence-corrected chi connectivity index (χ3v) is 5.82. The second-order valence-corrected chi connectivity index (χ2v) is 9.02. The van der Waals surface area contributed by atoms with Crippen molar-refractivity contribution in [2.45, 2.75) is 31.3 Å². The van der Waals surface area contributed by atoms with Gasteiger partial charge in [-0.15, -0.1) is 0 Å². The molecule has 2 aromatic rings. The van der Waals surface area contributed by atoms with Gasteiger partial charge in [-0.05, 0) is 17.2 Å². The number of aliphatic hydroxyl groups is 1. The molecule has 154 valence electrons. The van der Waals surface area contributed by atoms with Crippen LogP contribution in [0.25, 0.3) is 11.3 Å². The number of piperazine rings is 1. The minimum atomic E-state index is 0.0755. The number of hydrogen-bond donors (Lipinski definition) is 1. The van der Waals surface area contributed by atoms with Gasteiger partial charge in [0, 0.05) is 38.3 Å². The van der Waals surface area contributed by atoms with Crippen molar-refractivity contribution in [1.29, 1.82) is 5.26 Å². The first-order valence-corrected chi connectivity index (χ1v) is 11.1. The van der Waals surface area contributed by atoms with Gasteiger partial charge in [0.2, 0.25) is 0 Å². The number of aromatic nitrogens is 2. The highest BCUT2D eigenvalue weighted by Gasteiger charge is 2.24. The summed E-state index contributed by atoms with van der Waals surface area (Å²) < 4.78 is 0. The number of β-amino-alcohol motifs (C(OH)–C–C–N with tert-alkyl or cyclic N) is 1. The fraction of sp³-hybridized carbons (Fsp3) is 0.500. The van der Waals surface area contributed by atoms with Crippen LogP contribution in [0.1, 0.15) is 31.9 Å². The monoisotopic (exact) mass is 411 g/mol. The summed E-state index contributed by atoms with van der Waals surface area (Å²) in [5.74, 6) is 0.713. The average molecular weight is 412 g/mol. The summed E-state index contributed by atoms with van der Waals surface area (Å²) >= 11 is 1.49. The van der Waals surface area contributed by atoms with Gasteiger partial charge in [0.15, 0.2) is 11.0 Å². The smallest absolute Gasteiger partial charge is 0.189 e. The van der Waals surface area contributed by atoms with Crippen LogP contribution in [0.2, 0.25) is 0 Å². The Morgan fingerprint density at radius 2 is 1.76 bits per heavy atom. The molecule has 0 bridgehead atoms. The zero-order valence-corrected chi connectivity index (χ0v) is 18.5. The molecule has 0 spiro atoms. The van der Waals surface area contributed by atoms with E-state index >= 15 is 0 Å². The quantitative estimate of drug-likeness (QED) is 0.598. The molecule has 1 N–H and O–H groups in total. The highest BCUT2D eigenvalue weighted by Crippen LogP contribution is 2.32. The summed E-state index contributed by atoms with van der Waals surface area (Å²) in [6.45, 7) is 10.7. The van der Waals surface area contributed by atoms with E-state index in [4.69, 9.17) is 5.11 Å². The molecule has 0 saturated carbocycles. The third kappa shape index (κ3) is 4.89. The van der Waals surface area contributed by atoms with Gasteiger partial charge in [-0.2, -0.15) is 5.26 Å². The molecule has 1 fully saturated rings. The maximum Gasteiger partial charge on any atom is 0.189 e. The molecular weight excluding hydrogens is 382 g/mol. The number of anilines is 1. The Bertz CT molecular complexity index is 878. The number of thioether (sulfide) groups is 1. The zero-order chi connectivity index (χ0) is 21.0. The Balaban J connectivity index is 1.98. The van der Waals surface area contributed by atoms with Crippen LogP contribution >= 0.6 is 11.8 Å². The van der Waals surface area contributed by atoms with Crippen molar-refractivity contribution >= 4 is 17.6 Å². The molecule has 1 aromatic carbocycles. The standard InChI is InChI=1S/C22H29N5OS/c1-22(2,3)17-7-5-16(6-8-17)19-18(15-23)20(25-21(24-19)29-4)27-11-9-26(10-12-27)13-14-28/h5-8,28H,9-14H2,1-4H3. The largest absolute Gasteiger partial charge is 0.395 e. The maximum absolute atomic E-state index is 9.97. The van der Waals surface area contributed by atoms with E-state index in [1.165, 1.54) is 17.3 Å². The normalized spacial score (nSPS) is 15.4. The lowest BCUT2D eigenvalue weighted by molar-refractivity contribution is 0.188. The van der Waals surface area contributed by atoms with E-state index in [2.05, 4.69) is 70.9 Å². The van der Waals surface area contributed by atoms with Crippen LogP contribution in [0.3, 0.4) is 0 Å². The van der Waals surface area contributed by atoms with Crippen LogP contribution in [0.4, 0.5) is 5.82 Å². The summed E-state index contributed by atoms with van der Waals surface area (Å²) in [6.07, 6.45) is 1.96. The Hall–Kier alpha value is -2.14. The molecule has 1 aliphatic heterocycles. The number of aliphatic hydroxyl groups excluding tert-OH is 1. The van der Waals surface area contributed by atoms with Crippen LogP contribution in [-0.4, -0.2) is 65.6 Å². The number of hydrogen-bond acceptors (Lipinski definition) is 7. The first-order chi connectivity index (χ1) is 13.9. The van der Waals surface area contributed by atoms with Gasteiger partial charge in [-0.3, -0.25) is 4.90 Å². The minimum absolute atomic E-state index is 0.0755. The second kappa shape index (κ2) is 9.12. The molecule has 0 radical (unpaired) electrons. The molecular formula is C22H29N5OS. The highest BCUT2D eigenvalue weighted by atomic mass is 32.2. The average Bonchev–Trinajstić information content (AvgIpc) is 2.73. The molecule has 2 heterocycles. The molecule has 0 unspecified atom stereocenters. The second-order valence-electron chi connectivity index (χ2n) is 8.25. The molecule has 0 atom stereocenters. The molecule has 1 aromatic heterocycles. The van der Waals surface area contributed by atoms with Gasteiger partial charge >= 0.3 is 0 Å². The Morgan fingerprint density at radius 3 is 2.28 bits per heavy atom. The third-order valence-electron chi connectivity index (χ3n) is 5.28. The van der Waals surface area contributed by atoms with Gasteiger partial charge in [0.1, 0.15) is 11.6 Å². The molecule has 6 nitrogen and oxygen atoms in total. The van der Waals surface area contributed by atoms with Gasteiger partial charge in [0.25, 0.3) is 0 Å². The van der Waals surface area contributed by atoms with Gasteiger partial charge in [-0.1, -0.05) is 56.8 Å². The number of benzene rings is 1. The van der Waals surface area contributed by atoms with Crippen molar-refractivity contribution in [1.82, 2.24) is 14.9 Å². The summed E-state index contributed by atoms with van der Waals surface area (Å²) in [5.41, 5.74) is 3.49. The molecule has 1 aliphatic rings. The summed E-state index contributed by atoms with van der Waals surface area (Å²) in [7, 11) is 0. The van der Waals surface area contributed by atoms with E-state index in [0.29, 0.717) is 28.8 Å². The zero-order valence-electron chi connectivity index (χ0n) is 17.6.